The molecule has 5 aromatic rings. The molecule has 9 nitrogen and oxygen atoms in total. The molecular weight excluding hydrogens is 578 g/mol. The maximum atomic E-state index is 13.3. The summed E-state index contributed by atoms with van der Waals surface area (Å²) < 4.78 is 6.60. The highest BCUT2D eigenvalue weighted by Gasteiger charge is 2.41. The van der Waals surface area contributed by atoms with Gasteiger partial charge in [0.25, 0.3) is 5.56 Å². The van der Waals surface area contributed by atoms with Crippen molar-refractivity contribution in [1.29, 1.82) is 0 Å². The van der Waals surface area contributed by atoms with Gasteiger partial charge in [0.1, 0.15) is 5.25 Å². The first-order valence-corrected chi connectivity index (χ1v) is 14.6. The molecule has 1 aliphatic rings. The number of imide groups is 1. The van der Waals surface area contributed by atoms with E-state index in [1.54, 1.807) is 43.4 Å². The molecule has 1 fully saturated rings. The number of carbonyl (C=O) groups is 4. The van der Waals surface area contributed by atoms with Crippen molar-refractivity contribution in [2.45, 2.75) is 16.8 Å². The Morgan fingerprint density at radius 1 is 0.818 bits per heavy atom. The third kappa shape index (κ3) is 5.67. The molecule has 0 spiro atoms. The number of ether oxygens (including phenoxy) is 1. The largest absolute Gasteiger partial charge is 0.454 e. The summed E-state index contributed by atoms with van der Waals surface area (Å²) in [5, 5.41) is 0.0379. The third-order valence-corrected chi connectivity index (χ3v) is 8.53. The third-order valence-electron chi connectivity index (χ3n) is 7.30. The average molecular weight is 604 g/mol. The van der Waals surface area contributed by atoms with Crippen molar-refractivity contribution >= 4 is 51.9 Å². The van der Waals surface area contributed by atoms with Crippen molar-refractivity contribution in [3.63, 3.8) is 0 Å². The summed E-state index contributed by atoms with van der Waals surface area (Å²) in [6, 6.07) is 29.6. The predicted molar refractivity (Wildman–Crippen MR) is 167 cm³/mol. The van der Waals surface area contributed by atoms with E-state index in [9.17, 15) is 24.0 Å². The maximum Gasteiger partial charge on any atom is 0.338 e. The molecule has 6 rings (SSSR count). The summed E-state index contributed by atoms with van der Waals surface area (Å²) in [4.78, 5) is 69.7. The minimum atomic E-state index is -0.765. The maximum absolute atomic E-state index is 13.3. The average Bonchev–Trinajstić information content (AvgIpc) is 3.34. The molecule has 44 heavy (non-hydrogen) atoms. The molecule has 1 saturated heterocycles. The fraction of sp³-hybridized carbons (Fsp3) is 0.118. The van der Waals surface area contributed by atoms with Gasteiger partial charge in [-0.05, 0) is 47.5 Å². The van der Waals surface area contributed by atoms with Crippen LogP contribution in [0.5, 0.6) is 0 Å². The second-order valence-electron chi connectivity index (χ2n) is 10.1. The van der Waals surface area contributed by atoms with E-state index < -0.39 is 29.6 Å². The van der Waals surface area contributed by atoms with E-state index in [0.29, 0.717) is 27.3 Å². The smallest absolute Gasteiger partial charge is 0.338 e. The monoisotopic (exact) mass is 603 g/mol. The number of ketones is 1. The fourth-order valence-corrected chi connectivity index (χ4v) is 6.00. The van der Waals surface area contributed by atoms with Gasteiger partial charge in [-0.3, -0.25) is 23.7 Å². The number of carbonyl (C=O) groups excluding carboxylic acids is 4. The van der Waals surface area contributed by atoms with Crippen molar-refractivity contribution in [2.24, 2.45) is 7.05 Å². The molecule has 0 bridgehead atoms. The SMILES string of the molecule is Cn1c(SC2CC(=O)N(c3ccc(C(=O)OCC(=O)c4ccc(-c5ccccc5)cc4)cc3)C2=O)nc2ccccc2c1=O. The Balaban J connectivity index is 1.08. The Morgan fingerprint density at radius 3 is 2.18 bits per heavy atom. The van der Waals surface area contributed by atoms with Crippen LogP contribution in [0.25, 0.3) is 22.0 Å². The summed E-state index contributed by atoms with van der Waals surface area (Å²) in [6.07, 6.45) is -0.0650. The molecule has 1 unspecified atom stereocenters. The number of aromatic nitrogens is 2. The van der Waals surface area contributed by atoms with Crippen LogP contribution < -0.4 is 10.5 Å². The van der Waals surface area contributed by atoms with Crippen molar-refractivity contribution < 1.29 is 23.9 Å². The van der Waals surface area contributed by atoms with Crippen LogP contribution in [0, 0.1) is 0 Å². The summed E-state index contributed by atoms with van der Waals surface area (Å²) >= 11 is 1.07. The summed E-state index contributed by atoms with van der Waals surface area (Å²) in [5.74, 6) is -1.90. The van der Waals surface area contributed by atoms with E-state index in [2.05, 4.69) is 4.98 Å². The Hall–Kier alpha value is -5.35. The number of hydrogen-bond donors (Lipinski definition) is 0. The molecule has 0 radical (unpaired) electrons. The van der Waals surface area contributed by atoms with Crippen LogP contribution in [0.4, 0.5) is 5.69 Å². The highest BCUT2D eigenvalue weighted by Crippen LogP contribution is 2.33. The number of anilines is 1. The highest BCUT2D eigenvalue weighted by molar-refractivity contribution is 8.00. The van der Waals surface area contributed by atoms with Crippen molar-refractivity contribution in [3.05, 3.63) is 125 Å². The number of benzene rings is 4. The first-order chi connectivity index (χ1) is 21.3. The van der Waals surface area contributed by atoms with Gasteiger partial charge in [-0.25, -0.2) is 14.7 Å². The van der Waals surface area contributed by atoms with Gasteiger partial charge >= 0.3 is 5.97 Å². The lowest BCUT2D eigenvalue weighted by Crippen LogP contribution is -2.31. The van der Waals surface area contributed by atoms with Gasteiger partial charge < -0.3 is 4.74 Å². The number of fused-ring (bicyclic) bond motifs is 1. The first-order valence-electron chi connectivity index (χ1n) is 13.8. The van der Waals surface area contributed by atoms with Crippen molar-refractivity contribution in [1.82, 2.24) is 9.55 Å². The predicted octanol–water partition coefficient (Wildman–Crippen LogP) is 5.06. The van der Waals surface area contributed by atoms with Gasteiger partial charge in [-0.2, -0.15) is 0 Å². The van der Waals surface area contributed by atoms with E-state index in [0.717, 1.165) is 27.8 Å². The Kier molecular flexibility index (Phi) is 7.91. The van der Waals surface area contributed by atoms with Gasteiger partial charge in [0, 0.05) is 19.0 Å². The topological polar surface area (TPSA) is 116 Å². The highest BCUT2D eigenvalue weighted by atomic mass is 32.2. The number of nitrogens with zero attached hydrogens (tertiary/aromatic N) is 3. The molecule has 218 valence electrons. The lowest BCUT2D eigenvalue weighted by atomic mass is 10.0. The van der Waals surface area contributed by atoms with E-state index in [-0.39, 0.29) is 23.3 Å². The number of esters is 1. The van der Waals surface area contributed by atoms with Gasteiger partial charge in [-0.1, -0.05) is 78.5 Å². The number of Topliss-reactive ketones (excluding diaryl/α,β-unsaturated/α-hetero) is 1. The number of thioether (sulfide) groups is 1. The molecular formula is C34H25N3O6S. The zero-order valence-corrected chi connectivity index (χ0v) is 24.3. The summed E-state index contributed by atoms with van der Waals surface area (Å²) in [7, 11) is 1.58. The normalized spacial score (nSPS) is 14.7. The standard InChI is InChI=1S/C34H25N3O6S/c1-36-31(40)26-9-5-6-10-27(26)35-34(36)44-29-19-30(39)37(32(29)41)25-17-15-24(16-18-25)33(42)43-20-28(38)23-13-11-22(12-14-23)21-7-3-2-4-8-21/h2-18,29H,19-20H2,1H3. The number of para-hydroxylation sites is 1. The Morgan fingerprint density at radius 2 is 1.45 bits per heavy atom. The molecule has 10 heteroatoms. The molecule has 4 aromatic carbocycles. The molecule has 1 atom stereocenters. The molecule has 0 saturated carbocycles. The van der Waals surface area contributed by atoms with Crippen LogP contribution >= 0.6 is 11.8 Å². The van der Waals surface area contributed by atoms with Crippen LogP contribution in [0.3, 0.4) is 0 Å². The van der Waals surface area contributed by atoms with Gasteiger partial charge in [-0.15, -0.1) is 0 Å². The van der Waals surface area contributed by atoms with Gasteiger partial charge in [0.05, 0.1) is 22.2 Å². The Labute approximate surface area is 256 Å². The zero-order chi connectivity index (χ0) is 30.8. The van der Waals surface area contributed by atoms with Gasteiger partial charge in [0.15, 0.2) is 17.5 Å². The second kappa shape index (κ2) is 12.1. The first kappa shape index (κ1) is 28.8. The molecule has 2 amide bonds. The Bertz CT molecular complexity index is 1970. The quantitative estimate of drug-likeness (QED) is 0.105. The lowest BCUT2D eigenvalue weighted by molar-refractivity contribution is -0.121. The van der Waals surface area contributed by atoms with Crippen molar-refractivity contribution in [2.75, 3.05) is 11.5 Å². The van der Waals surface area contributed by atoms with Crippen LogP contribution in [0.2, 0.25) is 0 Å². The number of hydrogen-bond acceptors (Lipinski definition) is 8. The van der Waals surface area contributed by atoms with Crippen LogP contribution in [-0.4, -0.2) is 45.0 Å². The van der Waals surface area contributed by atoms with E-state index in [1.165, 1.54) is 28.8 Å². The van der Waals surface area contributed by atoms with Crippen LogP contribution in [0.1, 0.15) is 27.1 Å². The summed E-state index contributed by atoms with van der Waals surface area (Å²) in [5.41, 5.74) is 3.16. The van der Waals surface area contributed by atoms with E-state index in [1.807, 2.05) is 42.5 Å². The number of rotatable bonds is 8. The fourth-order valence-electron chi connectivity index (χ4n) is 4.92. The van der Waals surface area contributed by atoms with Crippen LogP contribution in [0.15, 0.2) is 113 Å². The van der Waals surface area contributed by atoms with Crippen molar-refractivity contribution in [3.8, 4) is 11.1 Å². The molecule has 1 aliphatic heterocycles. The van der Waals surface area contributed by atoms with E-state index >= 15 is 0 Å². The molecule has 0 N–H and O–H groups in total. The lowest BCUT2D eigenvalue weighted by Gasteiger charge is -2.16. The minimum absolute atomic E-state index is 0.0650. The van der Waals surface area contributed by atoms with E-state index in [4.69, 9.17) is 4.74 Å². The second-order valence-corrected chi connectivity index (χ2v) is 11.3. The number of amides is 2. The molecule has 1 aromatic heterocycles. The molecule has 0 aliphatic carbocycles. The molecule has 2 heterocycles. The summed E-state index contributed by atoms with van der Waals surface area (Å²) in [6.45, 7) is -0.432. The minimum Gasteiger partial charge on any atom is -0.454 e. The van der Waals surface area contributed by atoms with Gasteiger partial charge in [0.2, 0.25) is 11.8 Å². The van der Waals surface area contributed by atoms with Crippen LogP contribution in [-0.2, 0) is 21.4 Å². The zero-order valence-electron chi connectivity index (χ0n) is 23.5.